The van der Waals surface area contributed by atoms with E-state index >= 15 is 0 Å². The minimum absolute atomic E-state index is 0.00885. The van der Waals surface area contributed by atoms with Crippen LogP contribution in [0.25, 0.3) is 0 Å². The molecule has 1 aliphatic heterocycles. The van der Waals surface area contributed by atoms with Crippen LogP contribution in [0, 0.1) is 11.1 Å². The molecular weight excluding hydrogens is 298 g/mol. The molecule has 0 bridgehead atoms. The van der Waals surface area contributed by atoms with Crippen molar-refractivity contribution in [2.45, 2.75) is 49.5 Å². The van der Waals surface area contributed by atoms with Crippen LogP contribution >= 0.6 is 0 Å². The van der Waals surface area contributed by atoms with Crippen molar-refractivity contribution in [3.05, 3.63) is 35.5 Å². The molecule has 1 aliphatic carbocycles. The molecule has 2 atom stereocenters. The molecule has 0 radical (unpaired) electrons. The molecule has 1 heterocycles. The van der Waals surface area contributed by atoms with Crippen LogP contribution in [-0.4, -0.2) is 37.9 Å². The number of sulfone groups is 1. The largest absolute Gasteiger partial charge is 0.633 e. The highest BCUT2D eigenvalue weighted by Crippen LogP contribution is 2.37. The first kappa shape index (κ1) is 16.0. The quantitative estimate of drug-likeness (QED) is 0.632. The second-order valence-electron chi connectivity index (χ2n) is 6.81. The lowest BCUT2D eigenvalue weighted by atomic mass is 9.84. The fourth-order valence-corrected chi connectivity index (χ4v) is 5.93. The third-order valence-corrected chi connectivity index (χ3v) is 7.19. The summed E-state index contributed by atoms with van der Waals surface area (Å²) in [6.07, 6.45) is 5.84. The summed E-state index contributed by atoms with van der Waals surface area (Å²) in [5.41, 5.74) is 0. The van der Waals surface area contributed by atoms with Gasteiger partial charge in [-0.25, -0.2) is 8.42 Å². The summed E-state index contributed by atoms with van der Waals surface area (Å²) in [6, 6.07) is 8.63. The number of nitrogens with zero attached hydrogens (tertiary/aromatic N) is 1. The maximum absolute atomic E-state index is 13.0. The Labute approximate surface area is 133 Å². The molecule has 0 unspecified atom stereocenters. The van der Waals surface area contributed by atoms with E-state index in [1.54, 1.807) is 24.3 Å². The van der Waals surface area contributed by atoms with Crippen LogP contribution in [0.3, 0.4) is 0 Å². The van der Waals surface area contributed by atoms with Gasteiger partial charge >= 0.3 is 0 Å². The van der Waals surface area contributed by atoms with Gasteiger partial charge in [0.05, 0.1) is 29.8 Å². The van der Waals surface area contributed by atoms with Gasteiger partial charge in [-0.15, -0.1) is 0 Å². The zero-order valence-corrected chi connectivity index (χ0v) is 13.8. The fourth-order valence-electron chi connectivity index (χ4n) is 4.21. The lowest BCUT2D eigenvalue weighted by Gasteiger charge is -2.50. The van der Waals surface area contributed by atoms with Crippen molar-refractivity contribution in [2.75, 3.05) is 18.8 Å². The Morgan fingerprint density at radius 1 is 1.00 bits per heavy atom. The highest BCUT2D eigenvalue weighted by atomic mass is 32.2. The van der Waals surface area contributed by atoms with Crippen LogP contribution in [-0.2, 0) is 9.84 Å². The molecule has 1 saturated heterocycles. The number of quaternary nitrogens is 1. The van der Waals surface area contributed by atoms with E-state index in [1.165, 1.54) is 0 Å². The van der Waals surface area contributed by atoms with Gasteiger partial charge in [0.1, 0.15) is 0 Å². The van der Waals surface area contributed by atoms with Crippen molar-refractivity contribution >= 4 is 9.84 Å². The van der Waals surface area contributed by atoms with Crippen molar-refractivity contribution in [3.63, 3.8) is 0 Å². The van der Waals surface area contributed by atoms with E-state index in [1.807, 2.05) is 6.07 Å². The van der Waals surface area contributed by atoms with Gasteiger partial charge in [0, 0.05) is 25.2 Å². The van der Waals surface area contributed by atoms with Gasteiger partial charge in [-0.1, -0.05) is 24.6 Å². The Kier molecular flexibility index (Phi) is 4.57. The molecule has 2 fully saturated rings. The number of rotatable bonds is 4. The highest BCUT2D eigenvalue weighted by Gasteiger charge is 2.41. The van der Waals surface area contributed by atoms with Crippen molar-refractivity contribution in [1.29, 1.82) is 0 Å². The summed E-state index contributed by atoms with van der Waals surface area (Å²) < 4.78 is 25.2. The maximum atomic E-state index is 13.0. The van der Waals surface area contributed by atoms with Crippen LogP contribution in [0.2, 0.25) is 0 Å². The summed E-state index contributed by atoms with van der Waals surface area (Å²) in [6.45, 7) is 1.35. The molecule has 1 aromatic carbocycles. The molecule has 0 aromatic heterocycles. The Hall–Kier alpha value is -0.910. The van der Waals surface area contributed by atoms with Gasteiger partial charge in [-0.2, -0.15) is 0 Å². The molecule has 22 heavy (non-hydrogen) atoms. The van der Waals surface area contributed by atoms with Gasteiger partial charge in [0.15, 0.2) is 9.84 Å². The molecule has 1 aromatic rings. The third-order valence-electron chi connectivity index (χ3n) is 5.33. The van der Waals surface area contributed by atoms with E-state index in [-0.39, 0.29) is 22.4 Å². The summed E-state index contributed by atoms with van der Waals surface area (Å²) in [5.74, 6) is 0.138. The smallest absolute Gasteiger partial charge is 0.178 e. The predicted octanol–water partition coefficient (Wildman–Crippen LogP) is 3.13. The monoisotopic (exact) mass is 323 g/mol. The normalized spacial score (nSPS) is 28.6. The summed E-state index contributed by atoms with van der Waals surface area (Å²) in [7, 11) is -3.30. The molecule has 5 heteroatoms. The predicted molar refractivity (Wildman–Crippen MR) is 86.8 cm³/mol. The Bertz CT molecular complexity index is 594. The number of hydrogen-bond donors (Lipinski definition) is 0. The number of likely N-dealkylation sites (tertiary alicyclic amines) is 1. The van der Waals surface area contributed by atoms with Gasteiger partial charge in [-0.05, 0) is 25.0 Å². The topological polar surface area (TPSA) is 57.2 Å². The lowest BCUT2D eigenvalue weighted by Crippen LogP contribution is -2.54. The number of benzene rings is 1. The van der Waals surface area contributed by atoms with E-state index < -0.39 is 9.84 Å². The SMILES string of the molecule is O=S(=O)(C[C@H]1CCCC[C@H]1[N+]1([O-])CCCC1)c1ccccc1. The Morgan fingerprint density at radius 3 is 2.32 bits per heavy atom. The van der Waals surface area contributed by atoms with E-state index in [9.17, 15) is 13.6 Å². The Morgan fingerprint density at radius 2 is 1.64 bits per heavy atom. The maximum Gasteiger partial charge on any atom is 0.178 e. The standard InChI is InChI=1S/C17H25NO3S/c19-18(12-6-7-13-18)17-11-5-4-8-15(17)14-22(20,21)16-9-2-1-3-10-16/h1-3,9-10,15,17H,4-8,11-14H2/t15-,17-/m1/s1. The lowest BCUT2D eigenvalue weighted by molar-refractivity contribution is -0.898. The molecular formula is C17H25NO3S. The van der Waals surface area contributed by atoms with Crippen LogP contribution in [0.4, 0.5) is 0 Å². The third kappa shape index (κ3) is 3.21. The highest BCUT2D eigenvalue weighted by molar-refractivity contribution is 7.91. The molecule has 0 amide bonds. The minimum Gasteiger partial charge on any atom is -0.633 e. The first-order valence-corrected chi connectivity index (χ1v) is 10.0. The van der Waals surface area contributed by atoms with Gasteiger partial charge in [-0.3, -0.25) is 0 Å². The number of hydroxylamine groups is 3. The van der Waals surface area contributed by atoms with Crippen LogP contribution in [0.1, 0.15) is 38.5 Å². The van der Waals surface area contributed by atoms with Crippen LogP contribution in [0.15, 0.2) is 35.2 Å². The average Bonchev–Trinajstić information content (AvgIpc) is 2.96. The average molecular weight is 323 g/mol. The van der Waals surface area contributed by atoms with Crippen molar-refractivity contribution < 1.29 is 13.1 Å². The van der Waals surface area contributed by atoms with Crippen LogP contribution < -0.4 is 0 Å². The van der Waals surface area contributed by atoms with Crippen LogP contribution in [0.5, 0.6) is 0 Å². The summed E-state index contributed by atoms with van der Waals surface area (Å²) >= 11 is 0. The zero-order chi connectivity index (χ0) is 15.6. The molecule has 4 nitrogen and oxygen atoms in total. The molecule has 2 aliphatic rings. The molecule has 0 spiro atoms. The van der Waals surface area contributed by atoms with E-state index in [0.29, 0.717) is 18.0 Å². The van der Waals surface area contributed by atoms with E-state index in [4.69, 9.17) is 0 Å². The van der Waals surface area contributed by atoms with Crippen molar-refractivity contribution in [2.24, 2.45) is 5.92 Å². The Balaban J connectivity index is 1.80. The molecule has 122 valence electrons. The van der Waals surface area contributed by atoms with Crippen molar-refractivity contribution in [1.82, 2.24) is 0 Å². The second-order valence-corrected chi connectivity index (χ2v) is 8.85. The summed E-state index contributed by atoms with van der Waals surface area (Å²) in [4.78, 5) is 0.387. The first-order valence-electron chi connectivity index (χ1n) is 8.37. The fraction of sp³-hybridized carbons (Fsp3) is 0.647. The second kappa shape index (κ2) is 6.30. The first-order chi connectivity index (χ1) is 10.5. The van der Waals surface area contributed by atoms with Gasteiger partial charge in [0.2, 0.25) is 0 Å². The van der Waals surface area contributed by atoms with Crippen molar-refractivity contribution in [3.8, 4) is 0 Å². The molecule has 0 N–H and O–H groups in total. The minimum atomic E-state index is -3.30. The van der Waals surface area contributed by atoms with E-state index in [2.05, 4.69) is 0 Å². The van der Waals surface area contributed by atoms with Gasteiger partial charge in [0.25, 0.3) is 0 Å². The van der Waals surface area contributed by atoms with Gasteiger partial charge < -0.3 is 9.85 Å². The summed E-state index contributed by atoms with van der Waals surface area (Å²) in [5, 5.41) is 13.0. The molecule has 3 rings (SSSR count). The zero-order valence-electron chi connectivity index (χ0n) is 13.0. The number of hydrogen-bond acceptors (Lipinski definition) is 3. The van der Waals surface area contributed by atoms with E-state index in [0.717, 1.165) is 38.5 Å². The molecule has 1 saturated carbocycles.